The third-order valence-corrected chi connectivity index (χ3v) is 10.4. The number of benzene rings is 2. The molecule has 0 heterocycles. The molecule has 0 aliphatic rings. The molecule has 0 aromatic heterocycles. The molecule has 0 aliphatic heterocycles. The first-order valence-corrected chi connectivity index (χ1v) is 22.6. The lowest BCUT2D eigenvalue weighted by molar-refractivity contribution is -0.136. The van der Waals surface area contributed by atoms with Gasteiger partial charge in [0.2, 0.25) is 53.2 Å². The van der Waals surface area contributed by atoms with Gasteiger partial charge < -0.3 is 57.9 Å². The maximum atomic E-state index is 13.5. The summed E-state index contributed by atoms with van der Waals surface area (Å²) in [4.78, 5) is 130. The second-order valence-electron chi connectivity index (χ2n) is 17.6. The molecule has 10 amide bonds. The number of carbonyl (C=O) groups excluding carboxylic acids is 10. The molecule has 10 N–H and O–H groups in total. The van der Waals surface area contributed by atoms with E-state index in [1.807, 2.05) is 12.1 Å². The zero-order chi connectivity index (χ0) is 51.0. The number of ether oxygens (including phenoxy) is 1. The van der Waals surface area contributed by atoms with Gasteiger partial charge in [0.15, 0.2) is 0 Å². The lowest BCUT2D eigenvalue weighted by atomic mass is 10.0. The van der Waals surface area contributed by atoms with Gasteiger partial charge in [-0.15, -0.1) is 0 Å². The van der Waals surface area contributed by atoms with Crippen LogP contribution in [0.1, 0.15) is 88.6 Å². The van der Waals surface area contributed by atoms with Gasteiger partial charge >= 0.3 is 6.09 Å². The number of anilines is 1. The van der Waals surface area contributed by atoms with Gasteiger partial charge in [-0.25, -0.2) is 4.79 Å². The molecule has 8 unspecified atom stereocenters. The maximum Gasteiger partial charge on any atom is 0.408 e. The van der Waals surface area contributed by atoms with Crippen molar-refractivity contribution in [1.82, 2.24) is 47.9 Å². The smallest absolute Gasteiger partial charge is 0.408 e. The van der Waals surface area contributed by atoms with Crippen LogP contribution in [0.4, 0.5) is 10.5 Å². The summed E-state index contributed by atoms with van der Waals surface area (Å²) >= 11 is 2.13. The first-order chi connectivity index (χ1) is 31.0. The molecule has 2 aromatic rings. The highest BCUT2D eigenvalue weighted by molar-refractivity contribution is 14.1. The lowest BCUT2D eigenvalue weighted by Crippen LogP contribution is -2.62. The molecule has 2 rings (SSSR count). The minimum atomic E-state index is -1.57. The number of hydrogen-bond donors (Lipinski definition) is 10. The first-order valence-electron chi connectivity index (χ1n) is 21.5. The van der Waals surface area contributed by atoms with Crippen LogP contribution in [-0.2, 0) is 54.3 Å². The van der Waals surface area contributed by atoms with Crippen LogP contribution in [0.25, 0.3) is 0 Å². The second kappa shape index (κ2) is 25.5. The van der Waals surface area contributed by atoms with Gasteiger partial charge in [0.05, 0.1) is 0 Å². The number of halogens is 1. The molecule has 0 saturated heterocycles. The summed E-state index contributed by atoms with van der Waals surface area (Å²) in [5.41, 5.74) is -1.14. The quantitative estimate of drug-likeness (QED) is 0.0780. The number of rotatable bonds is 21. The molecule has 368 valence electrons. The zero-order valence-electron chi connectivity index (χ0n) is 39.9. The van der Waals surface area contributed by atoms with E-state index in [1.54, 1.807) is 63.2 Å². The summed E-state index contributed by atoms with van der Waals surface area (Å²) in [6, 6.07) is 6.71. The van der Waals surface area contributed by atoms with Crippen molar-refractivity contribution in [2.75, 3.05) is 5.32 Å². The van der Waals surface area contributed by atoms with Crippen LogP contribution in [0.15, 0.2) is 54.6 Å². The molecule has 21 nitrogen and oxygen atoms in total. The van der Waals surface area contributed by atoms with Crippen LogP contribution in [0.2, 0.25) is 0 Å². The van der Waals surface area contributed by atoms with E-state index in [1.165, 1.54) is 62.3 Å². The van der Waals surface area contributed by atoms with Gasteiger partial charge in [-0.3, -0.25) is 43.2 Å². The van der Waals surface area contributed by atoms with E-state index in [4.69, 9.17) is 4.74 Å². The summed E-state index contributed by atoms with van der Waals surface area (Å²) in [5.74, 6) is -6.35. The fourth-order valence-electron chi connectivity index (χ4n) is 5.60. The van der Waals surface area contributed by atoms with Gasteiger partial charge in [-0.1, -0.05) is 30.3 Å². The monoisotopic (exact) mass is 1050 g/mol. The highest BCUT2D eigenvalue weighted by Crippen LogP contribution is 2.12. The van der Waals surface area contributed by atoms with Gasteiger partial charge in [-0.05, 0) is 136 Å². The van der Waals surface area contributed by atoms with Crippen LogP contribution in [0.5, 0.6) is 0 Å². The Balaban J connectivity index is 1.90. The summed E-state index contributed by atoms with van der Waals surface area (Å²) < 4.78 is 6.18. The normalized spacial score (nSPS) is 14.8. The van der Waals surface area contributed by atoms with E-state index in [0.29, 0.717) is 11.3 Å². The topological polar surface area (TPSA) is 300 Å². The summed E-state index contributed by atoms with van der Waals surface area (Å²) in [7, 11) is 0. The van der Waals surface area contributed by atoms with Crippen molar-refractivity contribution in [2.24, 2.45) is 0 Å². The van der Waals surface area contributed by atoms with Gasteiger partial charge in [0, 0.05) is 15.7 Å². The number of amides is 10. The Labute approximate surface area is 404 Å². The summed E-state index contributed by atoms with van der Waals surface area (Å²) in [5, 5.41) is 25.2. The Morgan fingerprint density at radius 2 is 0.866 bits per heavy atom. The number of nitrogens with one attached hydrogen (secondary N) is 10. The third-order valence-electron chi connectivity index (χ3n) is 9.66. The average molecular weight is 1050 g/mol. The van der Waals surface area contributed by atoms with Crippen LogP contribution < -0.4 is 53.2 Å². The molecule has 8 atom stereocenters. The largest absolute Gasteiger partial charge is 0.444 e. The SMILES string of the molecule is CC(NC(=O)OC(C)(C)C)C(=O)NC(Cc1ccccc1)C(=O)NC(C)C(=O)NC(C)C(=O)NC(C)C(=O)NC(C)C(=O)NC(C)(C)C(=O)NC(C)C(=O)NC(C)C(=O)Nc1ccc(I)cc1. The minimum Gasteiger partial charge on any atom is -0.444 e. The Hall–Kier alpha value is -6.33. The molecule has 22 heteroatoms. The van der Waals surface area contributed by atoms with Crippen molar-refractivity contribution >= 4 is 87.5 Å². The number of alkyl carbamates (subject to hydrolysis) is 1. The minimum absolute atomic E-state index is 0.0380. The average Bonchev–Trinajstić information content (AvgIpc) is 3.23. The molecule has 0 spiro atoms. The van der Waals surface area contributed by atoms with Crippen molar-refractivity contribution < 1.29 is 52.7 Å². The van der Waals surface area contributed by atoms with Crippen LogP contribution in [0, 0.1) is 3.57 Å². The predicted molar refractivity (Wildman–Crippen MR) is 257 cm³/mol. The van der Waals surface area contributed by atoms with Crippen LogP contribution in [-0.4, -0.2) is 119 Å². The zero-order valence-corrected chi connectivity index (χ0v) is 42.0. The standard InChI is InChI=1S/C45H65IN10O11/c1-23(48-36(59)25(3)51-41(64)33(22-30-16-14-13-15-17-30)55-39(62)28(6)53-43(66)67-44(8,9)10)34(57)47-24(2)35(58)50-29(7)40(63)56-45(11,12)42(65)52-27(5)37(60)49-26(4)38(61)54-32-20-18-31(46)19-21-32/h13-21,23-29,33H,22H2,1-12H3,(H,47,57)(H,48,59)(H,49,60)(H,50,58)(H,51,64)(H,52,65)(H,53,66)(H,54,61)(H,55,62)(H,56,63). The fraction of sp³-hybridized carbons (Fsp3) is 0.511. The molecular weight excluding hydrogens is 983 g/mol. The number of hydrogen-bond acceptors (Lipinski definition) is 11. The van der Waals surface area contributed by atoms with Crippen LogP contribution in [0.3, 0.4) is 0 Å². The molecule has 0 radical (unpaired) electrons. The van der Waals surface area contributed by atoms with Crippen molar-refractivity contribution in [3.63, 3.8) is 0 Å². The number of carbonyl (C=O) groups is 10. The van der Waals surface area contributed by atoms with Crippen molar-refractivity contribution in [3.05, 3.63) is 63.7 Å². The lowest BCUT2D eigenvalue weighted by Gasteiger charge is -2.29. The van der Waals surface area contributed by atoms with Crippen LogP contribution >= 0.6 is 22.6 Å². The molecule has 67 heavy (non-hydrogen) atoms. The van der Waals surface area contributed by atoms with E-state index in [2.05, 4.69) is 75.8 Å². The van der Waals surface area contributed by atoms with E-state index in [9.17, 15) is 47.9 Å². The van der Waals surface area contributed by atoms with Crippen molar-refractivity contribution in [2.45, 2.75) is 149 Å². The first kappa shape index (κ1) is 56.8. The van der Waals surface area contributed by atoms with E-state index >= 15 is 0 Å². The molecule has 0 bridgehead atoms. The van der Waals surface area contributed by atoms with E-state index in [0.717, 1.165) is 3.57 Å². The predicted octanol–water partition coefficient (Wildman–Crippen LogP) is 0.793. The molecule has 2 aromatic carbocycles. The van der Waals surface area contributed by atoms with Gasteiger partial charge in [0.25, 0.3) is 0 Å². The molecule has 0 saturated carbocycles. The molecule has 0 fully saturated rings. The highest BCUT2D eigenvalue weighted by Gasteiger charge is 2.35. The van der Waals surface area contributed by atoms with Gasteiger partial charge in [-0.2, -0.15) is 0 Å². The second-order valence-corrected chi connectivity index (χ2v) is 18.8. The highest BCUT2D eigenvalue weighted by atomic mass is 127. The Bertz CT molecular complexity index is 2120. The maximum absolute atomic E-state index is 13.5. The van der Waals surface area contributed by atoms with Crippen molar-refractivity contribution in [3.8, 4) is 0 Å². The Kier molecular flexibility index (Phi) is 21.7. The van der Waals surface area contributed by atoms with E-state index < -0.39 is 119 Å². The van der Waals surface area contributed by atoms with Gasteiger partial charge in [0.1, 0.15) is 59.5 Å². The summed E-state index contributed by atoms with van der Waals surface area (Å²) in [6.45, 7) is 17.5. The van der Waals surface area contributed by atoms with E-state index in [-0.39, 0.29) is 6.42 Å². The molecular formula is C45H65IN10O11. The Morgan fingerprint density at radius 3 is 1.33 bits per heavy atom. The Morgan fingerprint density at radius 1 is 0.478 bits per heavy atom. The van der Waals surface area contributed by atoms with Crippen molar-refractivity contribution in [1.29, 1.82) is 0 Å². The molecule has 0 aliphatic carbocycles. The third kappa shape index (κ3) is 20.0. The summed E-state index contributed by atoms with van der Waals surface area (Å²) in [6.07, 6.45) is -0.791. The fourth-order valence-corrected chi connectivity index (χ4v) is 5.96.